The van der Waals surface area contributed by atoms with Gasteiger partial charge in [0.25, 0.3) is 0 Å². The Bertz CT molecular complexity index is 152. The highest BCUT2D eigenvalue weighted by molar-refractivity contribution is 5.70. The van der Waals surface area contributed by atoms with Crippen molar-refractivity contribution in [2.45, 2.75) is 25.7 Å². The molecule has 11 heavy (non-hydrogen) atoms. The van der Waals surface area contributed by atoms with Crippen LogP contribution in [0.1, 0.15) is 25.7 Å². The normalized spacial score (nSPS) is 24.4. The summed E-state index contributed by atoms with van der Waals surface area (Å²) in [6, 6.07) is 0. The van der Waals surface area contributed by atoms with Gasteiger partial charge in [-0.15, -0.1) is 6.58 Å². The second-order valence-corrected chi connectivity index (χ2v) is 2.95. The van der Waals surface area contributed by atoms with Gasteiger partial charge in [-0.3, -0.25) is 4.79 Å². The number of ether oxygens (including phenoxy) is 1. The van der Waals surface area contributed by atoms with Crippen molar-refractivity contribution in [3.05, 3.63) is 12.7 Å². The highest BCUT2D eigenvalue weighted by Crippen LogP contribution is 2.20. The van der Waals surface area contributed by atoms with Gasteiger partial charge in [0.15, 0.2) is 0 Å². The minimum atomic E-state index is -0.0367. The third-order valence-electron chi connectivity index (χ3n) is 2.02. The van der Waals surface area contributed by atoms with Crippen LogP contribution in [0, 0.1) is 5.92 Å². The Kier molecular flexibility index (Phi) is 3.14. The zero-order valence-electron chi connectivity index (χ0n) is 6.71. The van der Waals surface area contributed by atoms with Crippen LogP contribution in [0.2, 0.25) is 0 Å². The number of cyclic esters (lactones) is 1. The van der Waals surface area contributed by atoms with Crippen molar-refractivity contribution in [3.63, 3.8) is 0 Å². The molecule has 0 aromatic rings. The lowest BCUT2D eigenvalue weighted by Crippen LogP contribution is -2.20. The van der Waals surface area contributed by atoms with Crippen LogP contribution < -0.4 is 0 Å². The zero-order valence-corrected chi connectivity index (χ0v) is 6.71. The van der Waals surface area contributed by atoms with Gasteiger partial charge < -0.3 is 4.74 Å². The Hall–Kier alpha value is -0.790. The fraction of sp³-hybridized carbons (Fsp3) is 0.667. The topological polar surface area (TPSA) is 26.3 Å². The second-order valence-electron chi connectivity index (χ2n) is 2.95. The number of esters is 1. The van der Waals surface area contributed by atoms with Crippen LogP contribution >= 0.6 is 0 Å². The number of hydrogen-bond donors (Lipinski definition) is 0. The molecule has 1 aliphatic heterocycles. The number of carbonyl (C=O) groups excluding carboxylic acids is 1. The van der Waals surface area contributed by atoms with Crippen molar-refractivity contribution in [1.29, 1.82) is 0 Å². The Morgan fingerprint density at radius 2 is 2.55 bits per heavy atom. The molecule has 0 spiro atoms. The highest BCUT2D eigenvalue weighted by atomic mass is 16.5. The van der Waals surface area contributed by atoms with Crippen molar-refractivity contribution in [2.24, 2.45) is 5.92 Å². The van der Waals surface area contributed by atoms with Gasteiger partial charge in [-0.2, -0.15) is 0 Å². The molecule has 0 aromatic heterocycles. The molecular weight excluding hydrogens is 140 g/mol. The lowest BCUT2D eigenvalue weighted by Gasteiger charge is -2.20. The van der Waals surface area contributed by atoms with Crippen molar-refractivity contribution in [3.8, 4) is 0 Å². The van der Waals surface area contributed by atoms with E-state index < -0.39 is 0 Å². The van der Waals surface area contributed by atoms with Crippen molar-refractivity contribution in [1.82, 2.24) is 0 Å². The van der Waals surface area contributed by atoms with E-state index in [4.69, 9.17) is 4.74 Å². The molecule has 0 N–H and O–H groups in total. The van der Waals surface area contributed by atoms with Crippen LogP contribution in [-0.4, -0.2) is 12.6 Å². The average Bonchev–Trinajstić information content (AvgIpc) is 2.01. The first-order valence-electron chi connectivity index (χ1n) is 4.09. The summed E-state index contributed by atoms with van der Waals surface area (Å²) in [6.45, 7) is 4.26. The van der Waals surface area contributed by atoms with E-state index in [9.17, 15) is 4.79 Å². The number of allylic oxidation sites excluding steroid dienone is 1. The molecule has 1 aliphatic rings. The minimum absolute atomic E-state index is 0.0367. The Labute approximate surface area is 67.2 Å². The van der Waals surface area contributed by atoms with E-state index in [1.165, 1.54) is 0 Å². The van der Waals surface area contributed by atoms with Crippen LogP contribution in [0.5, 0.6) is 0 Å². The van der Waals surface area contributed by atoms with Crippen LogP contribution in [-0.2, 0) is 9.53 Å². The zero-order chi connectivity index (χ0) is 8.10. The summed E-state index contributed by atoms with van der Waals surface area (Å²) in [5, 5.41) is 0. The summed E-state index contributed by atoms with van der Waals surface area (Å²) in [6.07, 6.45) is 5.63. The maximum absolute atomic E-state index is 10.8. The molecule has 0 bridgehead atoms. The van der Waals surface area contributed by atoms with E-state index >= 15 is 0 Å². The molecular formula is C9H14O2. The summed E-state index contributed by atoms with van der Waals surface area (Å²) in [5.41, 5.74) is 0. The molecule has 1 heterocycles. The van der Waals surface area contributed by atoms with Gasteiger partial charge in [0.1, 0.15) is 0 Å². The van der Waals surface area contributed by atoms with Gasteiger partial charge in [-0.1, -0.05) is 6.08 Å². The first kappa shape index (κ1) is 8.31. The largest absolute Gasteiger partial charge is 0.466 e. The van der Waals surface area contributed by atoms with Gasteiger partial charge in [0, 0.05) is 6.42 Å². The molecule has 0 aliphatic carbocycles. The van der Waals surface area contributed by atoms with Gasteiger partial charge >= 0.3 is 5.97 Å². The average molecular weight is 154 g/mol. The fourth-order valence-corrected chi connectivity index (χ4v) is 1.34. The summed E-state index contributed by atoms with van der Waals surface area (Å²) >= 11 is 0. The first-order chi connectivity index (χ1) is 5.33. The lowest BCUT2D eigenvalue weighted by atomic mass is 9.95. The Morgan fingerprint density at radius 3 is 3.18 bits per heavy atom. The summed E-state index contributed by atoms with van der Waals surface area (Å²) < 4.78 is 4.82. The first-order valence-corrected chi connectivity index (χ1v) is 4.09. The SMILES string of the molecule is C=CCCC1CCOC(=O)C1. The standard InChI is InChI=1S/C9H14O2/c1-2-3-4-8-5-6-11-9(10)7-8/h2,8H,1,3-7H2. The lowest BCUT2D eigenvalue weighted by molar-refractivity contribution is -0.149. The van der Waals surface area contributed by atoms with Crippen molar-refractivity contribution in [2.75, 3.05) is 6.61 Å². The predicted octanol–water partition coefficient (Wildman–Crippen LogP) is 1.91. The van der Waals surface area contributed by atoms with Gasteiger partial charge in [0.2, 0.25) is 0 Å². The van der Waals surface area contributed by atoms with Crippen LogP contribution in [0.4, 0.5) is 0 Å². The smallest absolute Gasteiger partial charge is 0.306 e. The molecule has 1 saturated heterocycles. The molecule has 1 rings (SSSR count). The molecule has 0 amide bonds. The molecule has 0 radical (unpaired) electrons. The van der Waals surface area contributed by atoms with Crippen molar-refractivity contribution < 1.29 is 9.53 Å². The van der Waals surface area contributed by atoms with E-state index in [1.54, 1.807) is 0 Å². The summed E-state index contributed by atoms with van der Waals surface area (Å²) in [4.78, 5) is 10.8. The predicted molar refractivity (Wildman–Crippen MR) is 43.1 cm³/mol. The molecule has 2 nitrogen and oxygen atoms in total. The fourth-order valence-electron chi connectivity index (χ4n) is 1.34. The van der Waals surface area contributed by atoms with E-state index in [2.05, 4.69) is 6.58 Å². The monoisotopic (exact) mass is 154 g/mol. The molecule has 62 valence electrons. The molecule has 0 saturated carbocycles. The van der Waals surface area contributed by atoms with E-state index in [-0.39, 0.29) is 5.97 Å². The van der Waals surface area contributed by atoms with Gasteiger partial charge in [-0.05, 0) is 25.2 Å². The number of carbonyl (C=O) groups is 1. The third-order valence-corrected chi connectivity index (χ3v) is 2.02. The highest BCUT2D eigenvalue weighted by Gasteiger charge is 2.19. The maximum atomic E-state index is 10.8. The number of hydrogen-bond acceptors (Lipinski definition) is 2. The number of rotatable bonds is 3. The maximum Gasteiger partial charge on any atom is 0.306 e. The quantitative estimate of drug-likeness (QED) is 0.458. The van der Waals surface area contributed by atoms with Crippen LogP contribution in [0.25, 0.3) is 0 Å². The second kappa shape index (κ2) is 4.16. The molecule has 2 heteroatoms. The van der Waals surface area contributed by atoms with E-state index in [0.29, 0.717) is 18.9 Å². The summed E-state index contributed by atoms with van der Waals surface area (Å²) in [7, 11) is 0. The van der Waals surface area contributed by atoms with Gasteiger partial charge in [-0.25, -0.2) is 0 Å². The van der Waals surface area contributed by atoms with Gasteiger partial charge in [0.05, 0.1) is 6.61 Å². The Morgan fingerprint density at radius 1 is 1.73 bits per heavy atom. The van der Waals surface area contributed by atoms with Crippen LogP contribution in [0.3, 0.4) is 0 Å². The molecule has 1 atom stereocenters. The molecule has 1 unspecified atom stereocenters. The Balaban J connectivity index is 2.22. The summed E-state index contributed by atoms with van der Waals surface area (Å²) in [5.74, 6) is 0.500. The van der Waals surface area contributed by atoms with Crippen LogP contribution in [0.15, 0.2) is 12.7 Å². The van der Waals surface area contributed by atoms with E-state index in [1.807, 2.05) is 6.08 Å². The third kappa shape index (κ3) is 2.74. The minimum Gasteiger partial charge on any atom is -0.466 e. The van der Waals surface area contributed by atoms with E-state index in [0.717, 1.165) is 19.3 Å². The molecule has 1 fully saturated rings. The molecule has 0 aromatic carbocycles. The van der Waals surface area contributed by atoms with Crippen molar-refractivity contribution >= 4 is 5.97 Å².